The molecule has 0 unspecified atom stereocenters. The van der Waals surface area contributed by atoms with Gasteiger partial charge in [0.05, 0.1) is 6.04 Å². The first-order valence-electron chi connectivity index (χ1n) is 6.79. The van der Waals surface area contributed by atoms with Gasteiger partial charge in [-0.3, -0.25) is 4.98 Å². The maximum atomic E-state index is 6.14. The monoisotopic (exact) mass is 280 g/mol. The molecule has 2 aromatic heterocycles. The van der Waals surface area contributed by atoms with E-state index >= 15 is 0 Å². The molecule has 106 valence electrons. The smallest absolute Gasteiger partial charge is 0.244 e. The Labute approximate surface area is 122 Å². The molecular weight excluding hydrogens is 264 g/mol. The molecular formula is C16H16N4O. The van der Waals surface area contributed by atoms with Crippen molar-refractivity contribution >= 4 is 0 Å². The molecule has 0 spiro atoms. The standard InChI is InChI=1S/C16H16N4O/c1-11-6-5-9-18-14(11)15-19-16(21-20-15)13(17)10-12-7-3-2-4-8-12/h2-9,13H,10,17H2,1H3/t13-/m0/s1. The molecule has 0 saturated carbocycles. The van der Waals surface area contributed by atoms with Crippen LogP contribution in [0.5, 0.6) is 0 Å². The predicted molar refractivity (Wildman–Crippen MR) is 79.3 cm³/mol. The maximum absolute atomic E-state index is 6.14. The van der Waals surface area contributed by atoms with E-state index in [2.05, 4.69) is 15.1 Å². The first-order valence-corrected chi connectivity index (χ1v) is 6.79. The second-order valence-electron chi connectivity index (χ2n) is 4.92. The van der Waals surface area contributed by atoms with Crippen molar-refractivity contribution in [3.63, 3.8) is 0 Å². The zero-order valence-electron chi connectivity index (χ0n) is 11.7. The first-order chi connectivity index (χ1) is 10.2. The lowest BCUT2D eigenvalue weighted by atomic mass is 10.1. The van der Waals surface area contributed by atoms with E-state index in [9.17, 15) is 0 Å². The zero-order chi connectivity index (χ0) is 14.7. The van der Waals surface area contributed by atoms with Gasteiger partial charge in [0.2, 0.25) is 11.7 Å². The van der Waals surface area contributed by atoms with Crippen molar-refractivity contribution in [1.82, 2.24) is 15.1 Å². The molecule has 1 aromatic carbocycles. The van der Waals surface area contributed by atoms with Crippen molar-refractivity contribution in [3.8, 4) is 11.5 Å². The van der Waals surface area contributed by atoms with Gasteiger partial charge in [0.15, 0.2) is 0 Å². The van der Waals surface area contributed by atoms with Gasteiger partial charge in [-0.25, -0.2) is 0 Å². The van der Waals surface area contributed by atoms with Gasteiger partial charge >= 0.3 is 0 Å². The number of benzene rings is 1. The number of rotatable bonds is 4. The predicted octanol–water partition coefficient (Wildman–Crippen LogP) is 2.68. The molecule has 0 fully saturated rings. The molecule has 0 aliphatic heterocycles. The molecule has 21 heavy (non-hydrogen) atoms. The summed E-state index contributed by atoms with van der Waals surface area (Å²) >= 11 is 0. The van der Waals surface area contributed by atoms with E-state index in [4.69, 9.17) is 10.3 Å². The third-order valence-corrected chi connectivity index (χ3v) is 3.28. The second-order valence-corrected chi connectivity index (χ2v) is 4.92. The quantitative estimate of drug-likeness (QED) is 0.795. The van der Waals surface area contributed by atoms with E-state index in [0.29, 0.717) is 18.1 Å². The van der Waals surface area contributed by atoms with Crippen LogP contribution in [0.4, 0.5) is 0 Å². The highest BCUT2D eigenvalue weighted by Crippen LogP contribution is 2.20. The van der Waals surface area contributed by atoms with Crippen LogP contribution in [0, 0.1) is 6.92 Å². The van der Waals surface area contributed by atoms with Gasteiger partial charge in [-0.05, 0) is 30.5 Å². The Morgan fingerprint density at radius 1 is 1.14 bits per heavy atom. The molecule has 0 aliphatic carbocycles. The summed E-state index contributed by atoms with van der Waals surface area (Å²) in [6.45, 7) is 1.96. The van der Waals surface area contributed by atoms with Gasteiger partial charge in [0, 0.05) is 6.20 Å². The van der Waals surface area contributed by atoms with Crippen molar-refractivity contribution < 1.29 is 4.52 Å². The van der Waals surface area contributed by atoms with Crippen molar-refractivity contribution in [1.29, 1.82) is 0 Å². The lowest BCUT2D eigenvalue weighted by molar-refractivity contribution is 0.354. The number of aromatic nitrogens is 3. The molecule has 2 heterocycles. The summed E-state index contributed by atoms with van der Waals surface area (Å²) in [6.07, 6.45) is 2.37. The Balaban J connectivity index is 1.80. The Morgan fingerprint density at radius 3 is 2.71 bits per heavy atom. The molecule has 2 N–H and O–H groups in total. The Hall–Kier alpha value is -2.53. The lowest BCUT2D eigenvalue weighted by Crippen LogP contribution is -2.13. The highest BCUT2D eigenvalue weighted by atomic mass is 16.5. The van der Waals surface area contributed by atoms with Crippen LogP contribution < -0.4 is 5.73 Å². The third-order valence-electron chi connectivity index (χ3n) is 3.28. The second kappa shape index (κ2) is 5.85. The number of nitrogens with zero attached hydrogens (tertiary/aromatic N) is 3. The van der Waals surface area contributed by atoms with E-state index in [-0.39, 0.29) is 6.04 Å². The molecule has 0 amide bonds. The summed E-state index contributed by atoms with van der Waals surface area (Å²) in [5, 5.41) is 3.98. The molecule has 3 rings (SSSR count). The van der Waals surface area contributed by atoms with E-state index in [1.165, 1.54) is 0 Å². The Bertz CT molecular complexity index is 724. The average molecular weight is 280 g/mol. The summed E-state index contributed by atoms with van der Waals surface area (Å²) in [6, 6.07) is 13.5. The zero-order valence-corrected chi connectivity index (χ0v) is 11.7. The van der Waals surface area contributed by atoms with Gasteiger partial charge in [-0.2, -0.15) is 4.98 Å². The number of aryl methyl sites for hydroxylation is 1. The number of pyridine rings is 1. The van der Waals surface area contributed by atoms with Crippen LogP contribution in [0.1, 0.15) is 23.1 Å². The van der Waals surface area contributed by atoms with Gasteiger partial charge in [0.1, 0.15) is 5.69 Å². The molecule has 5 nitrogen and oxygen atoms in total. The minimum atomic E-state index is -0.322. The number of hydrogen-bond acceptors (Lipinski definition) is 5. The maximum Gasteiger partial charge on any atom is 0.244 e. The molecule has 5 heteroatoms. The fourth-order valence-electron chi connectivity index (χ4n) is 2.16. The Morgan fingerprint density at radius 2 is 1.95 bits per heavy atom. The van der Waals surface area contributed by atoms with Crippen molar-refractivity contribution in [2.75, 3.05) is 0 Å². The molecule has 0 saturated heterocycles. The highest BCUT2D eigenvalue weighted by Gasteiger charge is 2.17. The molecule has 0 bridgehead atoms. The summed E-state index contributed by atoms with van der Waals surface area (Å²) in [7, 11) is 0. The largest absolute Gasteiger partial charge is 0.337 e. The summed E-state index contributed by atoms with van der Waals surface area (Å²) < 4.78 is 5.28. The summed E-state index contributed by atoms with van der Waals surface area (Å²) in [5.41, 5.74) is 9.00. The first kappa shape index (κ1) is 13.5. The van der Waals surface area contributed by atoms with Gasteiger partial charge in [-0.15, -0.1) is 0 Å². The SMILES string of the molecule is Cc1cccnc1-c1noc([C@@H](N)Cc2ccccc2)n1. The number of hydrogen-bond donors (Lipinski definition) is 1. The molecule has 0 radical (unpaired) electrons. The van der Waals surface area contributed by atoms with Crippen LogP contribution >= 0.6 is 0 Å². The lowest BCUT2D eigenvalue weighted by Gasteiger charge is -2.06. The van der Waals surface area contributed by atoms with E-state index in [1.807, 2.05) is 49.4 Å². The topological polar surface area (TPSA) is 77.8 Å². The van der Waals surface area contributed by atoms with Crippen LogP contribution in [-0.2, 0) is 6.42 Å². The van der Waals surface area contributed by atoms with Gasteiger partial charge in [0.25, 0.3) is 0 Å². The number of nitrogens with two attached hydrogens (primary N) is 1. The van der Waals surface area contributed by atoms with Crippen LogP contribution in [0.2, 0.25) is 0 Å². The molecule has 0 aliphatic rings. The summed E-state index contributed by atoms with van der Waals surface area (Å²) in [5.74, 6) is 0.908. The van der Waals surface area contributed by atoms with Crippen molar-refractivity contribution in [2.24, 2.45) is 5.73 Å². The molecule has 1 atom stereocenters. The van der Waals surface area contributed by atoms with Crippen LogP contribution in [0.15, 0.2) is 53.2 Å². The highest BCUT2D eigenvalue weighted by molar-refractivity contribution is 5.53. The average Bonchev–Trinajstić information content (AvgIpc) is 2.98. The minimum Gasteiger partial charge on any atom is -0.337 e. The third kappa shape index (κ3) is 2.98. The fraction of sp³-hybridized carbons (Fsp3) is 0.188. The van der Waals surface area contributed by atoms with Crippen molar-refractivity contribution in [2.45, 2.75) is 19.4 Å². The van der Waals surface area contributed by atoms with E-state index in [1.54, 1.807) is 6.20 Å². The summed E-state index contributed by atoms with van der Waals surface area (Å²) in [4.78, 5) is 8.65. The van der Waals surface area contributed by atoms with E-state index in [0.717, 1.165) is 16.8 Å². The Kier molecular flexibility index (Phi) is 3.75. The fourth-order valence-corrected chi connectivity index (χ4v) is 2.16. The van der Waals surface area contributed by atoms with Gasteiger partial charge < -0.3 is 10.3 Å². The molecule has 3 aromatic rings. The van der Waals surface area contributed by atoms with Gasteiger partial charge in [-0.1, -0.05) is 41.6 Å². The van der Waals surface area contributed by atoms with E-state index < -0.39 is 0 Å². The van der Waals surface area contributed by atoms with Crippen molar-refractivity contribution in [3.05, 3.63) is 65.7 Å². The van der Waals surface area contributed by atoms with Crippen LogP contribution in [-0.4, -0.2) is 15.1 Å². The normalized spacial score (nSPS) is 12.3. The van der Waals surface area contributed by atoms with Crippen LogP contribution in [0.3, 0.4) is 0 Å². The minimum absolute atomic E-state index is 0.322. The van der Waals surface area contributed by atoms with Crippen LogP contribution in [0.25, 0.3) is 11.5 Å².